The van der Waals surface area contributed by atoms with Gasteiger partial charge in [-0.25, -0.2) is 9.97 Å². The Labute approximate surface area is 169 Å². The van der Waals surface area contributed by atoms with Crippen molar-refractivity contribution in [2.75, 3.05) is 18.4 Å². The molecule has 0 saturated heterocycles. The zero-order chi connectivity index (χ0) is 20.1. The summed E-state index contributed by atoms with van der Waals surface area (Å²) in [6, 6.07) is 17.8. The fourth-order valence-electron chi connectivity index (χ4n) is 3.11. The number of carbonyl (C=O) groups is 1. The second kappa shape index (κ2) is 8.48. The average Bonchev–Trinajstić information content (AvgIpc) is 2.78. The van der Waals surface area contributed by atoms with Crippen LogP contribution < -0.4 is 10.6 Å². The molecule has 2 heterocycles. The number of carbonyl (C=O) groups excluding carboxylic acids is 1. The molecule has 3 aromatic rings. The van der Waals surface area contributed by atoms with E-state index in [0.717, 1.165) is 22.2 Å². The largest absolute Gasteiger partial charge is 0.347 e. The van der Waals surface area contributed by atoms with E-state index in [0.29, 0.717) is 36.9 Å². The lowest BCUT2D eigenvalue weighted by molar-refractivity contribution is -0.114. The molecule has 29 heavy (non-hydrogen) atoms. The molecule has 0 fully saturated rings. The summed E-state index contributed by atoms with van der Waals surface area (Å²) >= 11 is 0. The first-order valence-electron chi connectivity index (χ1n) is 9.48. The molecule has 0 saturated carbocycles. The highest BCUT2D eigenvalue weighted by Gasteiger charge is 2.16. The molecular weight excluding hydrogens is 362 g/mol. The van der Waals surface area contributed by atoms with Crippen molar-refractivity contribution in [3.8, 4) is 11.4 Å². The van der Waals surface area contributed by atoms with Gasteiger partial charge in [0.2, 0.25) is 0 Å². The maximum Gasteiger partial charge on any atom is 0.269 e. The first kappa shape index (κ1) is 18.6. The van der Waals surface area contributed by atoms with Crippen molar-refractivity contribution in [1.82, 2.24) is 15.3 Å². The monoisotopic (exact) mass is 383 g/mol. The van der Waals surface area contributed by atoms with Crippen molar-refractivity contribution in [3.05, 3.63) is 79.0 Å². The summed E-state index contributed by atoms with van der Waals surface area (Å²) in [5.74, 6) is 1.16. The summed E-state index contributed by atoms with van der Waals surface area (Å²) < 4.78 is 0. The zero-order valence-corrected chi connectivity index (χ0v) is 15.9. The van der Waals surface area contributed by atoms with Crippen LogP contribution in [-0.2, 0) is 4.79 Å². The Hall–Kier alpha value is -3.80. The number of para-hydroxylation sites is 1. The van der Waals surface area contributed by atoms with Crippen LogP contribution in [0.15, 0.2) is 84.0 Å². The van der Waals surface area contributed by atoms with E-state index in [-0.39, 0.29) is 5.91 Å². The van der Waals surface area contributed by atoms with E-state index in [1.54, 1.807) is 12.2 Å². The van der Waals surface area contributed by atoms with Crippen molar-refractivity contribution < 1.29 is 4.79 Å². The number of aliphatic imine (C=N–C) groups is 1. The molecule has 0 spiro atoms. The lowest BCUT2D eigenvalue weighted by atomic mass is 10.1. The average molecular weight is 383 g/mol. The minimum atomic E-state index is -0.207. The maximum absolute atomic E-state index is 12.2. The second-order valence-corrected chi connectivity index (χ2v) is 6.59. The molecule has 1 aliphatic heterocycles. The maximum atomic E-state index is 12.2. The third-order valence-electron chi connectivity index (χ3n) is 4.53. The lowest BCUT2D eigenvalue weighted by Gasteiger charge is -2.16. The molecule has 1 aliphatic rings. The number of nitrogens with one attached hydrogen (secondary N) is 2. The summed E-state index contributed by atoms with van der Waals surface area (Å²) in [7, 11) is 0. The molecule has 4 rings (SSSR count). The van der Waals surface area contributed by atoms with E-state index >= 15 is 0 Å². The van der Waals surface area contributed by atoms with Gasteiger partial charge in [0.25, 0.3) is 5.91 Å². The summed E-state index contributed by atoms with van der Waals surface area (Å²) in [4.78, 5) is 26.0. The minimum absolute atomic E-state index is 0.207. The van der Waals surface area contributed by atoms with E-state index in [2.05, 4.69) is 22.2 Å². The Balaban J connectivity index is 1.68. The van der Waals surface area contributed by atoms with Gasteiger partial charge in [0.1, 0.15) is 11.5 Å². The quantitative estimate of drug-likeness (QED) is 0.636. The Bertz CT molecular complexity index is 1120. The molecule has 2 N–H and O–H groups in total. The summed E-state index contributed by atoms with van der Waals surface area (Å²) in [6.07, 6.45) is 4.13. The number of hydrogen-bond acceptors (Lipinski definition) is 5. The Kier molecular flexibility index (Phi) is 5.42. The normalized spacial score (nSPS) is 13.4. The van der Waals surface area contributed by atoms with Crippen molar-refractivity contribution in [2.45, 2.75) is 6.42 Å². The number of rotatable bonds is 6. The number of fused-ring (bicyclic) bond motifs is 1. The van der Waals surface area contributed by atoms with Gasteiger partial charge in [0.05, 0.1) is 5.52 Å². The van der Waals surface area contributed by atoms with Crippen LogP contribution in [0.5, 0.6) is 0 Å². The molecule has 1 aromatic heterocycles. The van der Waals surface area contributed by atoms with Crippen LogP contribution in [0.25, 0.3) is 22.3 Å². The highest BCUT2D eigenvalue weighted by atomic mass is 16.1. The minimum Gasteiger partial charge on any atom is -0.347 e. The molecular formula is C23H21N5O. The van der Waals surface area contributed by atoms with E-state index < -0.39 is 0 Å². The number of nitrogens with zero attached hydrogens (tertiary/aromatic N) is 3. The van der Waals surface area contributed by atoms with E-state index in [1.807, 2.05) is 54.6 Å². The van der Waals surface area contributed by atoms with Gasteiger partial charge in [-0.15, -0.1) is 6.58 Å². The zero-order valence-electron chi connectivity index (χ0n) is 15.9. The summed E-state index contributed by atoms with van der Waals surface area (Å²) in [5, 5.41) is 7.09. The number of aromatic nitrogens is 2. The highest BCUT2D eigenvalue weighted by Crippen LogP contribution is 2.26. The van der Waals surface area contributed by atoms with Gasteiger partial charge in [0.15, 0.2) is 5.82 Å². The predicted molar refractivity (Wildman–Crippen MR) is 117 cm³/mol. The van der Waals surface area contributed by atoms with Gasteiger partial charge in [-0.1, -0.05) is 48.5 Å². The third kappa shape index (κ3) is 4.21. The molecule has 1 amide bonds. The Morgan fingerprint density at radius 2 is 1.86 bits per heavy atom. The van der Waals surface area contributed by atoms with E-state index in [9.17, 15) is 4.79 Å². The van der Waals surface area contributed by atoms with Gasteiger partial charge in [0, 0.05) is 36.2 Å². The molecule has 0 radical (unpaired) electrons. The topological polar surface area (TPSA) is 79.3 Å². The van der Waals surface area contributed by atoms with Gasteiger partial charge in [-0.2, -0.15) is 0 Å². The number of benzene rings is 2. The van der Waals surface area contributed by atoms with Gasteiger partial charge in [-0.3, -0.25) is 9.79 Å². The lowest BCUT2D eigenvalue weighted by Crippen LogP contribution is -2.32. The fourth-order valence-corrected chi connectivity index (χ4v) is 3.11. The van der Waals surface area contributed by atoms with Crippen LogP contribution in [0, 0.1) is 0 Å². The van der Waals surface area contributed by atoms with Gasteiger partial charge >= 0.3 is 0 Å². The Morgan fingerprint density at radius 1 is 1.07 bits per heavy atom. The molecule has 6 heteroatoms. The molecule has 0 unspecified atom stereocenters. The smallest absolute Gasteiger partial charge is 0.269 e. The van der Waals surface area contributed by atoms with Crippen molar-refractivity contribution in [2.24, 2.45) is 4.99 Å². The predicted octanol–water partition coefficient (Wildman–Crippen LogP) is 3.74. The van der Waals surface area contributed by atoms with Crippen LogP contribution in [-0.4, -0.2) is 34.7 Å². The standard InChI is InChI=1S/C23H21N5O/c1-2-13-25-23(29)20-15-17(12-14-24-20)26-22-18-10-6-7-11-19(18)27-21(28-22)16-8-4-3-5-9-16/h2-11,15H,1,12-14H2,(H,25,29)(H,26,27,28). The summed E-state index contributed by atoms with van der Waals surface area (Å²) in [6.45, 7) is 4.57. The van der Waals surface area contributed by atoms with Crippen molar-refractivity contribution >= 4 is 28.3 Å². The summed E-state index contributed by atoms with van der Waals surface area (Å²) in [5.41, 5.74) is 3.11. The van der Waals surface area contributed by atoms with Gasteiger partial charge < -0.3 is 10.6 Å². The van der Waals surface area contributed by atoms with Crippen molar-refractivity contribution in [3.63, 3.8) is 0 Å². The van der Waals surface area contributed by atoms with Crippen molar-refractivity contribution in [1.29, 1.82) is 0 Å². The van der Waals surface area contributed by atoms with Gasteiger partial charge in [-0.05, 0) is 18.2 Å². The third-order valence-corrected chi connectivity index (χ3v) is 4.53. The van der Waals surface area contributed by atoms with Crippen LogP contribution >= 0.6 is 0 Å². The molecule has 144 valence electrons. The number of hydrogen-bond donors (Lipinski definition) is 2. The molecule has 0 atom stereocenters. The van der Waals surface area contributed by atoms with E-state index in [1.165, 1.54) is 0 Å². The first-order chi connectivity index (χ1) is 14.2. The Morgan fingerprint density at radius 3 is 2.69 bits per heavy atom. The molecule has 0 bridgehead atoms. The van der Waals surface area contributed by atoms with Crippen LogP contribution in [0.4, 0.5) is 5.82 Å². The molecule has 6 nitrogen and oxygen atoms in total. The second-order valence-electron chi connectivity index (χ2n) is 6.59. The van der Waals surface area contributed by atoms with Crippen LogP contribution in [0.1, 0.15) is 6.42 Å². The molecule has 0 aliphatic carbocycles. The number of anilines is 1. The van der Waals surface area contributed by atoms with E-state index in [4.69, 9.17) is 9.97 Å². The molecule has 2 aromatic carbocycles. The van der Waals surface area contributed by atoms with Crippen LogP contribution in [0.2, 0.25) is 0 Å². The number of dihydropyridines is 1. The fraction of sp³-hybridized carbons (Fsp3) is 0.130. The number of amides is 1. The SMILES string of the molecule is C=CCNC(=O)C1=NCCC(Nc2nc(-c3ccccc3)nc3ccccc23)=C1. The highest BCUT2D eigenvalue weighted by molar-refractivity contribution is 6.43. The van der Waals surface area contributed by atoms with Crippen LogP contribution in [0.3, 0.4) is 0 Å². The first-order valence-corrected chi connectivity index (χ1v) is 9.48.